The zero-order valence-electron chi connectivity index (χ0n) is 12.7. The lowest BCUT2D eigenvalue weighted by atomic mass is 10.2. The van der Waals surface area contributed by atoms with Gasteiger partial charge in [-0.25, -0.2) is 4.79 Å². The van der Waals surface area contributed by atoms with Gasteiger partial charge in [0.2, 0.25) is 0 Å². The second-order valence-corrected chi connectivity index (χ2v) is 5.62. The molecular formula is C14H30N2O2. The summed E-state index contributed by atoms with van der Waals surface area (Å²) in [5.41, 5.74) is -0.416. The number of carbonyl (C=O) groups excluding carboxylic acids is 1. The number of amides is 1. The topological polar surface area (TPSA) is 41.6 Å². The number of hydrogen-bond donors (Lipinski definition) is 1. The van der Waals surface area contributed by atoms with Crippen LogP contribution in [0.25, 0.3) is 0 Å². The molecule has 0 atom stereocenters. The number of rotatable bonds is 8. The van der Waals surface area contributed by atoms with Gasteiger partial charge in [0, 0.05) is 6.54 Å². The van der Waals surface area contributed by atoms with E-state index in [-0.39, 0.29) is 6.09 Å². The van der Waals surface area contributed by atoms with Crippen molar-refractivity contribution in [3.8, 4) is 0 Å². The van der Waals surface area contributed by atoms with Gasteiger partial charge in [0.05, 0.1) is 0 Å². The lowest BCUT2D eigenvalue weighted by Crippen LogP contribution is -2.34. The van der Waals surface area contributed by atoms with Crippen LogP contribution in [0.4, 0.5) is 4.79 Å². The summed E-state index contributed by atoms with van der Waals surface area (Å²) in [6, 6.07) is 0. The quantitative estimate of drug-likeness (QED) is 0.680. The Bertz CT molecular complexity index is 218. The van der Waals surface area contributed by atoms with Gasteiger partial charge in [0.25, 0.3) is 0 Å². The molecule has 0 spiro atoms. The normalized spacial score (nSPS) is 11.7. The zero-order chi connectivity index (χ0) is 14.0. The molecule has 0 aliphatic rings. The molecule has 0 rings (SSSR count). The molecule has 0 radical (unpaired) electrons. The van der Waals surface area contributed by atoms with E-state index in [1.807, 2.05) is 20.8 Å². The number of alkyl carbamates (subject to hydrolysis) is 1. The van der Waals surface area contributed by atoms with Crippen molar-refractivity contribution in [3.05, 3.63) is 0 Å². The van der Waals surface area contributed by atoms with Crippen LogP contribution in [-0.4, -0.2) is 42.8 Å². The molecule has 0 unspecified atom stereocenters. The van der Waals surface area contributed by atoms with Crippen LogP contribution in [0.1, 0.15) is 53.9 Å². The molecule has 1 N–H and O–H groups in total. The molecule has 0 aromatic carbocycles. The van der Waals surface area contributed by atoms with Gasteiger partial charge in [0.1, 0.15) is 5.60 Å². The minimum Gasteiger partial charge on any atom is -0.444 e. The van der Waals surface area contributed by atoms with Crippen LogP contribution in [-0.2, 0) is 4.74 Å². The number of ether oxygens (including phenoxy) is 1. The Morgan fingerprint density at radius 3 is 2.11 bits per heavy atom. The SMILES string of the molecule is CCCN(CCC)CCCNC(=O)OC(C)(C)C. The van der Waals surface area contributed by atoms with E-state index in [4.69, 9.17) is 4.74 Å². The van der Waals surface area contributed by atoms with Crippen LogP contribution in [0.3, 0.4) is 0 Å². The smallest absolute Gasteiger partial charge is 0.407 e. The fourth-order valence-electron chi connectivity index (χ4n) is 1.78. The minimum absolute atomic E-state index is 0.319. The molecule has 0 fully saturated rings. The fourth-order valence-corrected chi connectivity index (χ4v) is 1.78. The average Bonchev–Trinajstić information content (AvgIpc) is 2.22. The van der Waals surface area contributed by atoms with Crippen LogP contribution in [0.2, 0.25) is 0 Å². The molecular weight excluding hydrogens is 228 g/mol. The van der Waals surface area contributed by atoms with Crippen LogP contribution in [0.5, 0.6) is 0 Å². The van der Waals surface area contributed by atoms with E-state index in [0.29, 0.717) is 6.54 Å². The Labute approximate surface area is 112 Å². The van der Waals surface area contributed by atoms with Gasteiger partial charge in [-0.1, -0.05) is 13.8 Å². The highest BCUT2D eigenvalue weighted by Gasteiger charge is 2.15. The molecule has 108 valence electrons. The third-order valence-electron chi connectivity index (χ3n) is 2.40. The van der Waals surface area contributed by atoms with E-state index in [1.165, 1.54) is 12.8 Å². The van der Waals surface area contributed by atoms with Crippen LogP contribution >= 0.6 is 0 Å². The van der Waals surface area contributed by atoms with Crippen LogP contribution < -0.4 is 5.32 Å². The molecule has 4 heteroatoms. The largest absolute Gasteiger partial charge is 0.444 e. The van der Waals surface area contributed by atoms with Gasteiger partial charge >= 0.3 is 6.09 Å². The van der Waals surface area contributed by atoms with E-state index in [9.17, 15) is 4.79 Å². The number of hydrogen-bond acceptors (Lipinski definition) is 3. The van der Waals surface area contributed by atoms with E-state index in [1.54, 1.807) is 0 Å². The first-order valence-corrected chi connectivity index (χ1v) is 7.08. The molecule has 0 aliphatic heterocycles. The lowest BCUT2D eigenvalue weighted by Gasteiger charge is -2.22. The summed E-state index contributed by atoms with van der Waals surface area (Å²) in [4.78, 5) is 13.8. The number of nitrogens with zero attached hydrogens (tertiary/aromatic N) is 1. The number of nitrogens with one attached hydrogen (secondary N) is 1. The molecule has 0 aliphatic carbocycles. The van der Waals surface area contributed by atoms with E-state index < -0.39 is 5.60 Å². The first-order chi connectivity index (χ1) is 8.39. The monoisotopic (exact) mass is 258 g/mol. The third-order valence-corrected chi connectivity index (χ3v) is 2.40. The van der Waals surface area contributed by atoms with Crippen molar-refractivity contribution < 1.29 is 9.53 Å². The van der Waals surface area contributed by atoms with Gasteiger partial charge < -0.3 is 15.0 Å². The van der Waals surface area contributed by atoms with Crippen molar-refractivity contribution in [2.45, 2.75) is 59.5 Å². The summed E-state index contributed by atoms with van der Waals surface area (Å²) in [7, 11) is 0. The zero-order valence-corrected chi connectivity index (χ0v) is 12.7. The van der Waals surface area contributed by atoms with Gasteiger partial charge in [-0.15, -0.1) is 0 Å². The molecule has 0 aromatic rings. The Morgan fingerprint density at radius 2 is 1.67 bits per heavy atom. The van der Waals surface area contributed by atoms with Crippen molar-refractivity contribution in [3.63, 3.8) is 0 Å². The van der Waals surface area contributed by atoms with Crippen molar-refractivity contribution in [1.82, 2.24) is 10.2 Å². The van der Waals surface area contributed by atoms with Gasteiger partial charge in [0.15, 0.2) is 0 Å². The van der Waals surface area contributed by atoms with Crippen molar-refractivity contribution in [2.75, 3.05) is 26.2 Å². The van der Waals surface area contributed by atoms with E-state index in [0.717, 1.165) is 26.1 Å². The molecule has 4 nitrogen and oxygen atoms in total. The minimum atomic E-state index is -0.416. The summed E-state index contributed by atoms with van der Waals surface area (Å²) in [5, 5.41) is 2.79. The maximum atomic E-state index is 11.4. The first-order valence-electron chi connectivity index (χ1n) is 7.08. The standard InChI is InChI=1S/C14H30N2O2/c1-6-10-16(11-7-2)12-8-9-15-13(17)18-14(3,4)5/h6-12H2,1-5H3,(H,15,17). The van der Waals surface area contributed by atoms with Crippen molar-refractivity contribution in [1.29, 1.82) is 0 Å². The van der Waals surface area contributed by atoms with Crippen LogP contribution in [0, 0.1) is 0 Å². The molecule has 0 bridgehead atoms. The Hall–Kier alpha value is -0.770. The maximum Gasteiger partial charge on any atom is 0.407 e. The maximum absolute atomic E-state index is 11.4. The highest BCUT2D eigenvalue weighted by atomic mass is 16.6. The Kier molecular flexibility index (Phi) is 8.81. The summed E-state index contributed by atoms with van der Waals surface area (Å²) < 4.78 is 5.18. The Morgan fingerprint density at radius 1 is 1.11 bits per heavy atom. The fraction of sp³-hybridized carbons (Fsp3) is 0.929. The first kappa shape index (κ1) is 17.2. The van der Waals surface area contributed by atoms with Crippen LogP contribution in [0.15, 0.2) is 0 Å². The Balaban J connectivity index is 3.67. The molecule has 0 saturated carbocycles. The van der Waals surface area contributed by atoms with Gasteiger partial charge in [-0.2, -0.15) is 0 Å². The summed E-state index contributed by atoms with van der Waals surface area (Å²) in [6.45, 7) is 14.0. The number of carbonyl (C=O) groups is 1. The predicted octanol–water partition coefficient (Wildman–Crippen LogP) is 3.02. The van der Waals surface area contributed by atoms with E-state index in [2.05, 4.69) is 24.1 Å². The molecule has 0 aromatic heterocycles. The highest BCUT2D eigenvalue weighted by molar-refractivity contribution is 5.67. The predicted molar refractivity (Wildman–Crippen MR) is 75.9 cm³/mol. The van der Waals surface area contributed by atoms with Crippen molar-refractivity contribution >= 4 is 6.09 Å². The molecule has 18 heavy (non-hydrogen) atoms. The average molecular weight is 258 g/mol. The van der Waals surface area contributed by atoms with Gasteiger partial charge in [-0.3, -0.25) is 0 Å². The molecule has 0 saturated heterocycles. The van der Waals surface area contributed by atoms with E-state index >= 15 is 0 Å². The molecule has 1 amide bonds. The summed E-state index contributed by atoms with van der Waals surface area (Å²) in [5.74, 6) is 0. The lowest BCUT2D eigenvalue weighted by molar-refractivity contribution is 0.0525. The van der Waals surface area contributed by atoms with Gasteiger partial charge in [-0.05, 0) is 59.7 Å². The third kappa shape index (κ3) is 10.4. The molecule has 0 heterocycles. The second kappa shape index (κ2) is 9.20. The second-order valence-electron chi connectivity index (χ2n) is 5.62. The highest BCUT2D eigenvalue weighted by Crippen LogP contribution is 2.06. The van der Waals surface area contributed by atoms with Crippen molar-refractivity contribution in [2.24, 2.45) is 0 Å². The summed E-state index contributed by atoms with van der Waals surface area (Å²) in [6.07, 6.45) is 3.01. The summed E-state index contributed by atoms with van der Waals surface area (Å²) >= 11 is 0.